The summed E-state index contributed by atoms with van der Waals surface area (Å²) in [5.41, 5.74) is 0.806. The number of carbonyl (C=O) groups is 4. The highest BCUT2D eigenvalue weighted by Crippen LogP contribution is 2.20. The number of nitrogens with one attached hydrogen (secondary N) is 1. The number of likely N-dealkylation sites (tertiary alicyclic amines) is 1. The Hall–Kier alpha value is -2.90. The van der Waals surface area contributed by atoms with Crippen LogP contribution in [-0.4, -0.2) is 54.4 Å². The molecule has 2 rings (SSSR count). The molecule has 2 atom stereocenters. The van der Waals surface area contributed by atoms with Crippen LogP contribution in [0.2, 0.25) is 0 Å². The molecular weight excluding hydrogens is 352 g/mol. The standard InChI is InChI=1S/C19H24N2O6/c1-12(2)16(20-19(25)26-3)17(23)21-10-14(22)9-15(21)18(24)27-11-13-7-5-4-6-8-13/h4-8,12,15-16H,9-11H2,1-3H3,(H,20,25)/t15?,16-/m0/s1. The third-order valence-electron chi connectivity index (χ3n) is 4.31. The van der Waals surface area contributed by atoms with E-state index in [9.17, 15) is 19.2 Å². The van der Waals surface area contributed by atoms with Crippen molar-refractivity contribution in [3.05, 3.63) is 35.9 Å². The zero-order valence-electron chi connectivity index (χ0n) is 15.6. The van der Waals surface area contributed by atoms with Gasteiger partial charge in [-0.3, -0.25) is 9.59 Å². The van der Waals surface area contributed by atoms with Crippen molar-refractivity contribution in [2.75, 3.05) is 13.7 Å². The molecule has 0 aromatic heterocycles. The molecule has 1 aromatic carbocycles. The fraction of sp³-hybridized carbons (Fsp3) is 0.474. The molecule has 8 heteroatoms. The van der Waals surface area contributed by atoms with Gasteiger partial charge >= 0.3 is 12.1 Å². The van der Waals surface area contributed by atoms with E-state index < -0.39 is 30.1 Å². The van der Waals surface area contributed by atoms with Crippen LogP contribution in [0.1, 0.15) is 25.8 Å². The van der Waals surface area contributed by atoms with Gasteiger partial charge in [-0.05, 0) is 11.5 Å². The van der Waals surface area contributed by atoms with Crippen LogP contribution in [0.25, 0.3) is 0 Å². The summed E-state index contributed by atoms with van der Waals surface area (Å²) in [6.45, 7) is 3.37. The molecule has 146 valence electrons. The van der Waals surface area contributed by atoms with Crippen molar-refractivity contribution >= 4 is 23.8 Å². The van der Waals surface area contributed by atoms with E-state index in [2.05, 4.69) is 10.1 Å². The first-order valence-electron chi connectivity index (χ1n) is 8.70. The van der Waals surface area contributed by atoms with E-state index in [1.54, 1.807) is 13.8 Å². The number of esters is 1. The van der Waals surface area contributed by atoms with E-state index in [0.29, 0.717) is 0 Å². The molecule has 27 heavy (non-hydrogen) atoms. The first-order valence-corrected chi connectivity index (χ1v) is 8.70. The molecule has 1 aromatic rings. The van der Waals surface area contributed by atoms with E-state index in [1.165, 1.54) is 12.0 Å². The average molecular weight is 376 g/mol. The van der Waals surface area contributed by atoms with Gasteiger partial charge < -0.3 is 19.7 Å². The Morgan fingerprint density at radius 3 is 2.48 bits per heavy atom. The maximum atomic E-state index is 12.9. The molecule has 1 unspecified atom stereocenters. The second kappa shape index (κ2) is 9.16. The number of hydrogen-bond donors (Lipinski definition) is 1. The lowest BCUT2D eigenvalue weighted by atomic mass is 10.0. The number of Topliss-reactive ketones (excluding diaryl/α,β-unsaturated/α-hetero) is 1. The smallest absolute Gasteiger partial charge is 0.407 e. The number of ketones is 1. The third kappa shape index (κ3) is 5.29. The normalized spacial score (nSPS) is 17.6. The van der Waals surface area contributed by atoms with Gasteiger partial charge in [0.05, 0.1) is 13.7 Å². The van der Waals surface area contributed by atoms with E-state index in [0.717, 1.165) is 5.56 Å². The number of hydrogen-bond acceptors (Lipinski definition) is 6. The summed E-state index contributed by atoms with van der Waals surface area (Å²) >= 11 is 0. The topological polar surface area (TPSA) is 102 Å². The van der Waals surface area contributed by atoms with Gasteiger partial charge in [0, 0.05) is 6.42 Å². The Balaban J connectivity index is 2.08. The minimum atomic E-state index is -0.991. The van der Waals surface area contributed by atoms with Gasteiger partial charge in [0.15, 0.2) is 5.78 Å². The van der Waals surface area contributed by atoms with Gasteiger partial charge in [0.2, 0.25) is 5.91 Å². The number of methoxy groups -OCH3 is 1. The predicted molar refractivity (Wildman–Crippen MR) is 95.5 cm³/mol. The lowest BCUT2D eigenvalue weighted by molar-refractivity contribution is -0.155. The Bertz CT molecular complexity index is 703. The van der Waals surface area contributed by atoms with Crippen LogP contribution >= 0.6 is 0 Å². The van der Waals surface area contributed by atoms with Gasteiger partial charge in [-0.2, -0.15) is 0 Å². The monoisotopic (exact) mass is 376 g/mol. The third-order valence-corrected chi connectivity index (χ3v) is 4.31. The highest BCUT2D eigenvalue weighted by molar-refractivity contribution is 5.99. The number of nitrogens with zero attached hydrogens (tertiary/aromatic N) is 1. The summed E-state index contributed by atoms with van der Waals surface area (Å²) in [6.07, 6.45) is -0.849. The molecule has 2 amide bonds. The van der Waals surface area contributed by atoms with Crippen LogP contribution in [0.15, 0.2) is 30.3 Å². The number of ether oxygens (including phenoxy) is 2. The number of amides is 2. The summed E-state index contributed by atoms with van der Waals surface area (Å²) in [7, 11) is 1.19. The van der Waals surface area contributed by atoms with Crippen molar-refractivity contribution in [2.24, 2.45) is 5.92 Å². The van der Waals surface area contributed by atoms with Gasteiger partial charge in [-0.15, -0.1) is 0 Å². The summed E-state index contributed by atoms with van der Waals surface area (Å²) in [6, 6.07) is 7.22. The zero-order chi connectivity index (χ0) is 20.0. The predicted octanol–water partition coefficient (Wildman–Crippen LogP) is 1.28. The largest absolute Gasteiger partial charge is 0.459 e. The van der Waals surface area contributed by atoms with Crippen molar-refractivity contribution in [1.82, 2.24) is 10.2 Å². The second-order valence-corrected chi connectivity index (χ2v) is 6.68. The molecule has 1 aliphatic heterocycles. The van der Waals surface area contributed by atoms with Crippen molar-refractivity contribution in [3.8, 4) is 0 Å². The summed E-state index contributed by atoms with van der Waals surface area (Å²) in [4.78, 5) is 49.9. The molecule has 1 saturated heterocycles. The molecule has 1 N–H and O–H groups in total. The first-order chi connectivity index (χ1) is 12.8. The van der Waals surface area contributed by atoms with Crippen molar-refractivity contribution in [3.63, 3.8) is 0 Å². The van der Waals surface area contributed by atoms with Crippen LogP contribution in [0.4, 0.5) is 4.79 Å². The number of carbonyl (C=O) groups excluding carboxylic acids is 4. The van der Waals surface area contributed by atoms with E-state index in [-0.39, 0.29) is 31.3 Å². The Labute approximate surface area is 157 Å². The van der Waals surface area contributed by atoms with Crippen LogP contribution in [-0.2, 0) is 30.5 Å². The molecule has 0 saturated carbocycles. The summed E-state index contributed by atoms with van der Waals surface area (Å²) in [5.74, 6) is -1.64. The van der Waals surface area contributed by atoms with E-state index in [1.807, 2.05) is 30.3 Å². The van der Waals surface area contributed by atoms with Crippen LogP contribution in [0, 0.1) is 5.92 Å². The highest BCUT2D eigenvalue weighted by Gasteiger charge is 2.43. The van der Waals surface area contributed by atoms with Crippen molar-refractivity contribution < 1.29 is 28.7 Å². The van der Waals surface area contributed by atoms with Crippen LogP contribution in [0.5, 0.6) is 0 Å². The Morgan fingerprint density at radius 1 is 1.22 bits per heavy atom. The lowest BCUT2D eigenvalue weighted by Gasteiger charge is -2.29. The quantitative estimate of drug-likeness (QED) is 0.751. The molecule has 0 radical (unpaired) electrons. The fourth-order valence-electron chi connectivity index (χ4n) is 2.84. The minimum absolute atomic E-state index is 0.0560. The van der Waals surface area contributed by atoms with Gasteiger partial charge in [-0.25, -0.2) is 9.59 Å². The van der Waals surface area contributed by atoms with Crippen LogP contribution < -0.4 is 5.32 Å². The van der Waals surface area contributed by atoms with Gasteiger partial charge in [0.25, 0.3) is 0 Å². The van der Waals surface area contributed by atoms with Crippen LogP contribution in [0.3, 0.4) is 0 Å². The molecule has 0 spiro atoms. The molecule has 0 bridgehead atoms. The summed E-state index contributed by atoms with van der Waals surface area (Å²) in [5, 5.41) is 2.46. The fourth-order valence-corrected chi connectivity index (χ4v) is 2.84. The molecule has 1 heterocycles. The lowest BCUT2D eigenvalue weighted by Crippen LogP contribution is -2.54. The average Bonchev–Trinajstić information content (AvgIpc) is 3.05. The van der Waals surface area contributed by atoms with Crippen molar-refractivity contribution in [1.29, 1.82) is 0 Å². The van der Waals surface area contributed by atoms with Gasteiger partial charge in [0.1, 0.15) is 18.7 Å². The van der Waals surface area contributed by atoms with E-state index in [4.69, 9.17) is 4.74 Å². The molecule has 1 fully saturated rings. The molecule has 8 nitrogen and oxygen atoms in total. The highest BCUT2D eigenvalue weighted by atomic mass is 16.5. The number of benzene rings is 1. The minimum Gasteiger partial charge on any atom is -0.459 e. The summed E-state index contributed by atoms with van der Waals surface area (Å²) < 4.78 is 9.83. The SMILES string of the molecule is COC(=O)N[C@H](C(=O)N1CC(=O)CC1C(=O)OCc1ccccc1)C(C)C. The Kier molecular flexibility index (Phi) is 6.92. The number of alkyl carbamates (subject to hydrolysis) is 1. The van der Waals surface area contributed by atoms with Gasteiger partial charge in [-0.1, -0.05) is 44.2 Å². The Morgan fingerprint density at radius 2 is 1.89 bits per heavy atom. The molecular formula is C19H24N2O6. The molecule has 0 aliphatic carbocycles. The first kappa shape index (κ1) is 20.4. The van der Waals surface area contributed by atoms with Crippen molar-refractivity contribution in [2.45, 2.75) is 39.0 Å². The van der Waals surface area contributed by atoms with E-state index >= 15 is 0 Å². The molecule has 1 aliphatic rings. The number of rotatable bonds is 6. The second-order valence-electron chi connectivity index (χ2n) is 6.68. The zero-order valence-corrected chi connectivity index (χ0v) is 15.6. The maximum Gasteiger partial charge on any atom is 0.407 e. The maximum absolute atomic E-state index is 12.9.